The van der Waals surface area contributed by atoms with Gasteiger partial charge in [-0.05, 0) is 44.5 Å². The molecule has 0 spiro atoms. The molecule has 3 heterocycles. The summed E-state index contributed by atoms with van der Waals surface area (Å²) in [6.07, 6.45) is 0. The summed E-state index contributed by atoms with van der Waals surface area (Å²) in [5.74, 6) is 1.05. The summed E-state index contributed by atoms with van der Waals surface area (Å²) in [5.41, 5.74) is 3.07. The van der Waals surface area contributed by atoms with Crippen LogP contribution in [0.15, 0.2) is 36.4 Å². The highest BCUT2D eigenvalue weighted by Gasteiger charge is 2.27. The molecule has 0 saturated carbocycles. The lowest BCUT2D eigenvalue weighted by molar-refractivity contribution is -0.385. The minimum absolute atomic E-state index is 0.116. The summed E-state index contributed by atoms with van der Waals surface area (Å²) < 4.78 is 1.78. The Balaban J connectivity index is 1.44. The number of anilines is 1. The van der Waals surface area contributed by atoms with Gasteiger partial charge in [0, 0.05) is 37.9 Å². The van der Waals surface area contributed by atoms with Crippen molar-refractivity contribution in [2.75, 3.05) is 31.1 Å². The zero-order chi connectivity index (χ0) is 22.1. The van der Waals surface area contributed by atoms with E-state index in [9.17, 15) is 14.9 Å². The fraction of sp³-hybridized carbons (Fsp3) is 0.333. The Labute approximate surface area is 179 Å². The van der Waals surface area contributed by atoms with Crippen LogP contribution < -0.4 is 4.90 Å². The minimum atomic E-state index is -0.523. The molecule has 4 rings (SSSR count). The molecule has 3 aromatic rings. The van der Waals surface area contributed by atoms with E-state index < -0.39 is 4.92 Å². The largest absolute Gasteiger partial charge is 0.352 e. The van der Waals surface area contributed by atoms with E-state index in [1.54, 1.807) is 21.7 Å². The second-order valence-electron chi connectivity index (χ2n) is 7.51. The monoisotopic (exact) mass is 421 g/mol. The number of amides is 1. The van der Waals surface area contributed by atoms with E-state index >= 15 is 0 Å². The van der Waals surface area contributed by atoms with Crippen molar-refractivity contribution in [3.63, 3.8) is 0 Å². The number of nitrogens with zero attached hydrogens (tertiary/aromatic N) is 7. The molecule has 0 unspecified atom stereocenters. The fourth-order valence-electron chi connectivity index (χ4n) is 3.67. The molecule has 0 aliphatic carbocycles. The number of benzene rings is 1. The highest BCUT2D eigenvalue weighted by Crippen LogP contribution is 2.22. The SMILES string of the molecule is Cc1nn(-c2ccc(N3CCN(C(=O)c4ccccc4[N+](=O)[O-])CC3)nn2)c(C)c1C. The maximum atomic E-state index is 12.8. The standard InChI is InChI=1S/C21H23N7O3/c1-14-15(2)24-27(16(14)3)20-9-8-19(22-23-20)25-10-12-26(13-11-25)21(29)17-6-4-5-7-18(17)28(30)31/h4-9H,10-13H2,1-3H3. The molecule has 1 saturated heterocycles. The summed E-state index contributed by atoms with van der Waals surface area (Å²) in [6, 6.07) is 9.82. The van der Waals surface area contributed by atoms with Gasteiger partial charge < -0.3 is 9.80 Å². The van der Waals surface area contributed by atoms with Gasteiger partial charge in [-0.15, -0.1) is 10.2 Å². The first-order valence-electron chi connectivity index (χ1n) is 10.0. The lowest BCUT2D eigenvalue weighted by atomic mass is 10.1. The third-order valence-corrected chi connectivity index (χ3v) is 5.73. The average molecular weight is 421 g/mol. The van der Waals surface area contributed by atoms with Crippen molar-refractivity contribution in [3.05, 3.63) is 69.0 Å². The molecule has 1 amide bonds. The van der Waals surface area contributed by atoms with Crippen LogP contribution in [-0.4, -0.2) is 61.9 Å². The highest BCUT2D eigenvalue weighted by atomic mass is 16.6. The second kappa shape index (κ2) is 8.13. The fourth-order valence-corrected chi connectivity index (χ4v) is 3.67. The molecule has 0 atom stereocenters. The van der Waals surface area contributed by atoms with Crippen molar-refractivity contribution < 1.29 is 9.72 Å². The molecule has 0 N–H and O–H groups in total. The van der Waals surface area contributed by atoms with Gasteiger partial charge >= 0.3 is 0 Å². The van der Waals surface area contributed by atoms with Crippen molar-refractivity contribution in [1.82, 2.24) is 24.9 Å². The third-order valence-electron chi connectivity index (χ3n) is 5.73. The first kappa shape index (κ1) is 20.5. The lowest BCUT2D eigenvalue weighted by Crippen LogP contribution is -2.49. The molecule has 2 aromatic heterocycles. The summed E-state index contributed by atoms with van der Waals surface area (Å²) in [5, 5.41) is 24.4. The van der Waals surface area contributed by atoms with Crippen LogP contribution >= 0.6 is 0 Å². The lowest BCUT2D eigenvalue weighted by Gasteiger charge is -2.35. The molecule has 31 heavy (non-hydrogen) atoms. The number of hydrogen-bond donors (Lipinski definition) is 0. The van der Waals surface area contributed by atoms with Crippen LogP contribution in [0.1, 0.15) is 27.3 Å². The molecule has 160 valence electrons. The number of aromatic nitrogens is 4. The van der Waals surface area contributed by atoms with E-state index in [0.717, 1.165) is 22.8 Å². The number of hydrogen-bond acceptors (Lipinski definition) is 7. The maximum Gasteiger partial charge on any atom is 0.282 e. The van der Waals surface area contributed by atoms with Gasteiger partial charge in [-0.1, -0.05) is 12.1 Å². The van der Waals surface area contributed by atoms with Gasteiger partial charge in [0.2, 0.25) is 0 Å². The van der Waals surface area contributed by atoms with E-state index in [2.05, 4.69) is 15.3 Å². The molecule has 10 heteroatoms. The quantitative estimate of drug-likeness (QED) is 0.470. The van der Waals surface area contributed by atoms with E-state index in [1.807, 2.05) is 37.8 Å². The molecule has 1 aliphatic heterocycles. The minimum Gasteiger partial charge on any atom is -0.352 e. The number of nitro benzene ring substituents is 1. The molecule has 1 aromatic carbocycles. The Morgan fingerprint density at radius 1 is 0.968 bits per heavy atom. The summed E-state index contributed by atoms with van der Waals surface area (Å²) >= 11 is 0. The summed E-state index contributed by atoms with van der Waals surface area (Å²) in [4.78, 5) is 27.2. The van der Waals surface area contributed by atoms with Crippen LogP contribution in [-0.2, 0) is 0 Å². The zero-order valence-corrected chi connectivity index (χ0v) is 17.6. The first-order valence-corrected chi connectivity index (χ1v) is 10.0. The van der Waals surface area contributed by atoms with Crippen LogP contribution in [0.25, 0.3) is 5.82 Å². The molecule has 10 nitrogen and oxygen atoms in total. The zero-order valence-electron chi connectivity index (χ0n) is 17.6. The van der Waals surface area contributed by atoms with Crippen molar-refractivity contribution in [3.8, 4) is 5.82 Å². The number of para-hydroxylation sites is 1. The maximum absolute atomic E-state index is 12.8. The summed E-state index contributed by atoms with van der Waals surface area (Å²) in [7, 11) is 0. The number of piperazine rings is 1. The van der Waals surface area contributed by atoms with E-state index in [4.69, 9.17) is 0 Å². The second-order valence-corrected chi connectivity index (χ2v) is 7.51. The van der Waals surface area contributed by atoms with Crippen LogP contribution in [0.2, 0.25) is 0 Å². The van der Waals surface area contributed by atoms with Gasteiger partial charge in [0.1, 0.15) is 5.56 Å². The van der Waals surface area contributed by atoms with E-state index in [0.29, 0.717) is 32.0 Å². The molecule has 0 bridgehead atoms. The van der Waals surface area contributed by atoms with Gasteiger partial charge in [-0.2, -0.15) is 5.10 Å². The van der Waals surface area contributed by atoms with Gasteiger partial charge in [0.05, 0.1) is 10.6 Å². The third kappa shape index (κ3) is 3.83. The normalized spacial score (nSPS) is 14.0. The number of nitro groups is 1. The van der Waals surface area contributed by atoms with Crippen molar-refractivity contribution in [1.29, 1.82) is 0 Å². The van der Waals surface area contributed by atoms with E-state index in [-0.39, 0.29) is 17.2 Å². The smallest absolute Gasteiger partial charge is 0.282 e. The molecular weight excluding hydrogens is 398 g/mol. The average Bonchev–Trinajstić information content (AvgIpc) is 3.06. The Morgan fingerprint density at radius 2 is 1.61 bits per heavy atom. The summed E-state index contributed by atoms with van der Waals surface area (Å²) in [6.45, 7) is 8.03. The number of rotatable bonds is 4. The highest BCUT2D eigenvalue weighted by molar-refractivity contribution is 5.98. The molecule has 0 radical (unpaired) electrons. The van der Waals surface area contributed by atoms with Gasteiger partial charge in [-0.3, -0.25) is 14.9 Å². The Morgan fingerprint density at radius 3 is 2.19 bits per heavy atom. The van der Waals surface area contributed by atoms with Gasteiger partial charge in [-0.25, -0.2) is 4.68 Å². The van der Waals surface area contributed by atoms with Gasteiger partial charge in [0.15, 0.2) is 11.6 Å². The Bertz CT molecular complexity index is 1130. The number of aryl methyl sites for hydroxylation is 1. The van der Waals surface area contributed by atoms with Crippen molar-refractivity contribution >= 4 is 17.4 Å². The van der Waals surface area contributed by atoms with Crippen LogP contribution in [0.3, 0.4) is 0 Å². The van der Waals surface area contributed by atoms with E-state index in [1.165, 1.54) is 12.1 Å². The van der Waals surface area contributed by atoms with Gasteiger partial charge in [0.25, 0.3) is 11.6 Å². The predicted octanol–water partition coefficient (Wildman–Crippen LogP) is 2.46. The topological polar surface area (TPSA) is 110 Å². The number of carbonyl (C=O) groups excluding carboxylic acids is 1. The Hall–Kier alpha value is -3.82. The first-order chi connectivity index (χ1) is 14.9. The molecule has 1 aliphatic rings. The van der Waals surface area contributed by atoms with Crippen LogP contribution in [0.4, 0.5) is 11.5 Å². The predicted molar refractivity (Wildman–Crippen MR) is 115 cm³/mol. The van der Waals surface area contributed by atoms with Crippen molar-refractivity contribution in [2.24, 2.45) is 0 Å². The Kier molecular flexibility index (Phi) is 5.37. The molecule has 1 fully saturated rings. The van der Waals surface area contributed by atoms with Crippen LogP contribution in [0, 0.1) is 30.9 Å². The van der Waals surface area contributed by atoms with Crippen LogP contribution in [0.5, 0.6) is 0 Å². The molecular formula is C21H23N7O3. The van der Waals surface area contributed by atoms with Crippen molar-refractivity contribution in [2.45, 2.75) is 20.8 Å². The number of carbonyl (C=O) groups is 1.